The second-order valence-corrected chi connectivity index (χ2v) is 13.5. The molecule has 38 heavy (non-hydrogen) atoms. The zero-order valence-electron chi connectivity index (χ0n) is 22.2. The molecule has 0 aliphatic heterocycles. The molecule has 4 fully saturated rings. The van der Waals surface area contributed by atoms with Gasteiger partial charge in [-0.1, -0.05) is 54.6 Å². The van der Waals surface area contributed by atoms with Gasteiger partial charge in [0.15, 0.2) is 20.8 Å². The lowest BCUT2D eigenvalue weighted by Gasteiger charge is -2.55. The third-order valence-electron chi connectivity index (χ3n) is 8.41. The predicted octanol–water partition coefficient (Wildman–Crippen LogP) is 8.57. The van der Waals surface area contributed by atoms with Crippen LogP contribution in [0.4, 0.5) is 8.78 Å². The molecule has 3 aromatic carbocycles. The summed E-state index contributed by atoms with van der Waals surface area (Å²) in [5.74, 6) is -1.46. The van der Waals surface area contributed by atoms with Gasteiger partial charge in [-0.25, -0.2) is 8.78 Å². The van der Waals surface area contributed by atoms with Crippen LogP contribution in [0.5, 0.6) is 0 Å². The molecule has 3 aromatic rings. The summed E-state index contributed by atoms with van der Waals surface area (Å²) in [5.41, 5.74) is -0.436. The minimum atomic E-state index is -2.96. The molecule has 5 heteroatoms. The molecule has 0 radical (unpaired) electrons. The van der Waals surface area contributed by atoms with Crippen molar-refractivity contribution in [3.63, 3.8) is 0 Å². The van der Waals surface area contributed by atoms with Crippen LogP contribution in [0.15, 0.2) is 106 Å². The second kappa shape index (κ2) is 11.2. The van der Waals surface area contributed by atoms with Gasteiger partial charge >= 0.3 is 5.97 Å². The van der Waals surface area contributed by atoms with Gasteiger partial charge < -0.3 is 4.74 Å². The van der Waals surface area contributed by atoms with E-state index in [1.54, 1.807) is 0 Å². The molecule has 0 saturated heterocycles. The van der Waals surface area contributed by atoms with Crippen LogP contribution >= 0.6 is 0 Å². The van der Waals surface area contributed by atoms with Gasteiger partial charge in [0.05, 0.1) is 16.3 Å². The monoisotopic (exact) mass is 535 g/mol. The van der Waals surface area contributed by atoms with Gasteiger partial charge in [0.2, 0.25) is 0 Å². The lowest BCUT2D eigenvalue weighted by molar-refractivity contribution is -0.191. The summed E-state index contributed by atoms with van der Waals surface area (Å²) in [6, 6.07) is 32.2. The van der Waals surface area contributed by atoms with Gasteiger partial charge in [-0.3, -0.25) is 4.79 Å². The highest BCUT2D eigenvalue weighted by atomic mass is 32.2. The smallest absolute Gasteiger partial charge is 0.312 e. The molecule has 4 aliphatic rings. The van der Waals surface area contributed by atoms with Crippen molar-refractivity contribution in [3.05, 3.63) is 91.0 Å². The van der Waals surface area contributed by atoms with Crippen LogP contribution in [0.3, 0.4) is 0 Å². The molecular formula is C33H37F2O2S+. The van der Waals surface area contributed by atoms with Crippen molar-refractivity contribution >= 4 is 16.9 Å². The zero-order valence-corrected chi connectivity index (χ0v) is 23.0. The Labute approximate surface area is 228 Å². The van der Waals surface area contributed by atoms with Gasteiger partial charge in [0, 0.05) is 6.92 Å². The Morgan fingerprint density at radius 2 is 1.11 bits per heavy atom. The standard InChI is InChI=1S/C18H15S.C15H22F2O2/c1-4-10-16(11-5-1)19(17-12-6-2-7-13-17)18-14-8-3-9-15-18;1-9(14(2,16)17)19-13(18)15-6-10-3-11(7-15)5-12(4-10)8-15/h1-15H;9-12H,3-8H2,1-2H3/q+1;. The number of benzene rings is 3. The largest absolute Gasteiger partial charge is 0.456 e. The van der Waals surface area contributed by atoms with Crippen LogP contribution in [0.2, 0.25) is 0 Å². The Hall–Kier alpha value is -2.66. The SMILES string of the molecule is CC(OC(=O)C12CC3CC(CC(C3)C1)C2)C(C)(F)F.c1ccc([S+](c2ccccc2)c2ccccc2)cc1. The molecule has 4 aliphatic carbocycles. The topological polar surface area (TPSA) is 26.3 Å². The summed E-state index contributed by atoms with van der Waals surface area (Å²) in [4.78, 5) is 16.5. The molecule has 200 valence electrons. The first-order chi connectivity index (χ1) is 18.2. The lowest BCUT2D eigenvalue weighted by atomic mass is 9.49. The summed E-state index contributed by atoms with van der Waals surface area (Å²) in [6.07, 6.45) is 4.94. The highest BCUT2D eigenvalue weighted by molar-refractivity contribution is 7.97. The Kier molecular flexibility index (Phi) is 7.95. The lowest BCUT2D eigenvalue weighted by Crippen LogP contribution is -2.51. The number of halogens is 2. The Bertz CT molecular complexity index is 1060. The van der Waals surface area contributed by atoms with Gasteiger partial charge in [0.1, 0.15) is 0 Å². The first-order valence-corrected chi connectivity index (χ1v) is 14.9. The van der Waals surface area contributed by atoms with E-state index >= 15 is 0 Å². The Morgan fingerprint density at radius 1 is 0.763 bits per heavy atom. The van der Waals surface area contributed by atoms with E-state index < -0.39 is 17.4 Å². The van der Waals surface area contributed by atoms with Gasteiger partial charge in [-0.05, 0) is 99.6 Å². The fourth-order valence-electron chi connectivity index (χ4n) is 6.83. The minimum absolute atomic E-state index is 0.0146. The van der Waals surface area contributed by atoms with E-state index in [2.05, 4.69) is 91.0 Å². The molecule has 0 N–H and O–H groups in total. The van der Waals surface area contributed by atoms with E-state index in [1.165, 1.54) is 40.9 Å². The molecular weight excluding hydrogens is 498 g/mol. The molecule has 7 rings (SSSR count). The van der Waals surface area contributed by atoms with Crippen molar-refractivity contribution < 1.29 is 18.3 Å². The predicted molar refractivity (Wildman–Crippen MR) is 148 cm³/mol. The maximum absolute atomic E-state index is 13.2. The zero-order chi connectivity index (χ0) is 26.8. The van der Waals surface area contributed by atoms with Crippen molar-refractivity contribution in [2.24, 2.45) is 23.2 Å². The summed E-state index contributed by atoms with van der Waals surface area (Å²) in [5, 5.41) is 0. The molecule has 4 bridgehead atoms. The van der Waals surface area contributed by atoms with E-state index in [0.717, 1.165) is 26.2 Å². The normalized spacial score (nSPS) is 26.4. The van der Waals surface area contributed by atoms with Crippen molar-refractivity contribution in [2.45, 2.75) is 79.1 Å². The van der Waals surface area contributed by atoms with Crippen molar-refractivity contribution in [1.29, 1.82) is 0 Å². The van der Waals surface area contributed by atoms with Crippen molar-refractivity contribution in [2.75, 3.05) is 0 Å². The second-order valence-electron chi connectivity index (χ2n) is 11.4. The highest BCUT2D eigenvalue weighted by Crippen LogP contribution is 2.60. The number of hydrogen-bond acceptors (Lipinski definition) is 2. The Morgan fingerprint density at radius 3 is 1.42 bits per heavy atom. The molecule has 0 amide bonds. The van der Waals surface area contributed by atoms with Crippen molar-refractivity contribution in [3.8, 4) is 0 Å². The molecule has 0 aromatic heterocycles. The van der Waals surface area contributed by atoms with Crippen LogP contribution in [0, 0.1) is 23.2 Å². The highest BCUT2D eigenvalue weighted by Gasteiger charge is 2.56. The minimum Gasteiger partial charge on any atom is -0.456 e. The number of hydrogen-bond donors (Lipinski definition) is 0. The fraction of sp³-hybridized carbons (Fsp3) is 0.424. The van der Waals surface area contributed by atoms with E-state index in [-0.39, 0.29) is 16.9 Å². The molecule has 0 heterocycles. The summed E-state index contributed by atoms with van der Waals surface area (Å²) in [6.45, 7) is 2.10. The summed E-state index contributed by atoms with van der Waals surface area (Å²) in [7, 11) is -0.0146. The third kappa shape index (κ3) is 5.98. The molecule has 1 unspecified atom stereocenters. The van der Waals surface area contributed by atoms with Crippen LogP contribution in [-0.2, 0) is 20.4 Å². The van der Waals surface area contributed by atoms with E-state index in [9.17, 15) is 13.6 Å². The van der Waals surface area contributed by atoms with Crippen LogP contribution in [0.25, 0.3) is 0 Å². The average Bonchev–Trinajstić information content (AvgIpc) is 2.90. The maximum atomic E-state index is 13.2. The summed E-state index contributed by atoms with van der Waals surface area (Å²) < 4.78 is 31.5. The Balaban J connectivity index is 0.000000155. The first-order valence-electron chi connectivity index (χ1n) is 13.7. The first kappa shape index (κ1) is 26.9. The van der Waals surface area contributed by atoms with E-state index in [4.69, 9.17) is 4.74 Å². The summed E-state index contributed by atoms with van der Waals surface area (Å²) >= 11 is 0. The van der Waals surface area contributed by atoms with Gasteiger partial charge in [-0.15, -0.1) is 0 Å². The number of ether oxygens (including phenoxy) is 1. The molecule has 1 atom stereocenters. The fourth-order valence-corrected chi connectivity index (χ4v) is 8.93. The number of carbonyl (C=O) groups is 1. The number of carbonyl (C=O) groups excluding carboxylic acids is 1. The van der Waals surface area contributed by atoms with Gasteiger partial charge in [-0.2, -0.15) is 0 Å². The maximum Gasteiger partial charge on any atom is 0.312 e. The van der Waals surface area contributed by atoms with E-state index in [1.807, 2.05) is 0 Å². The third-order valence-corrected chi connectivity index (χ3v) is 10.6. The number of alkyl halides is 2. The van der Waals surface area contributed by atoms with E-state index in [0.29, 0.717) is 17.8 Å². The number of rotatable bonds is 6. The molecule has 2 nitrogen and oxygen atoms in total. The quantitative estimate of drug-likeness (QED) is 0.233. The average molecular weight is 536 g/mol. The molecule has 0 spiro atoms. The van der Waals surface area contributed by atoms with Crippen LogP contribution < -0.4 is 0 Å². The van der Waals surface area contributed by atoms with Crippen LogP contribution in [-0.4, -0.2) is 18.0 Å². The number of esters is 1. The van der Waals surface area contributed by atoms with Gasteiger partial charge in [0.25, 0.3) is 5.92 Å². The molecule has 4 saturated carbocycles. The van der Waals surface area contributed by atoms with Crippen molar-refractivity contribution in [1.82, 2.24) is 0 Å². The van der Waals surface area contributed by atoms with Crippen LogP contribution in [0.1, 0.15) is 52.4 Å².